The van der Waals surface area contributed by atoms with Gasteiger partial charge >= 0.3 is 13.6 Å². The van der Waals surface area contributed by atoms with Gasteiger partial charge in [0.15, 0.2) is 0 Å². The highest BCUT2D eigenvalue weighted by Crippen LogP contribution is 2.34. The molecule has 5 nitrogen and oxygen atoms in total. The van der Waals surface area contributed by atoms with Crippen molar-refractivity contribution in [3.05, 3.63) is 0 Å². The molecule has 0 bridgehead atoms. The van der Waals surface area contributed by atoms with Crippen molar-refractivity contribution in [2.45, 2.75) is 6.42 Å². The molecule has 0 aromatic heterocycles. The Kier molecular flexibility index (Phi) is 5.89. The molecule has 0 heterocycles. The van der Waals surface area contributed by atoms with Gasteiger partial charge in [-0.1, -0.05) is 0 Å². The lowest BCUT2D eigenvalue weighted by atomic mass is 10.5. The van der Waals surface area contributed by atoms with Crippen molar-refractivity contribution in [1.82, 2.24) is 0 Å². The highest BCUT2D eigenvalue weighted by atomic mass is 35.5. The first-order chi connectivity index (χ1) is 3.92. The normalized spacial score (nSPS) is 10.2. The van der Waals surface area contributed by atoms with E-state index in [-0.39, 0.29) is 12.4 Å². The zero-order valence-corrected chi connectivity index (χ0v) is 6.64. The monoisotopic (exact) mass is 190 g/mol. The minimum absolute atomic E-state index is 0. The van der Waals surface area contributed by atoms with Gasteiger partial charge in [0.05, 0.1) is 12.6 Å². The van der Waals surface area contributed by atoms with Gasteiger partial charge in [-0.25, -0.2) is 0 Å². The number of carbonyl (C=O) groups is 1. The van der Waals surface area contributed by atoms with Crippen LogP contribution < -0.4 is 0 Å². The van der Waals surface area contributed by atoms with Gasteiger partial charge in [0.1, 0.15) is 0 Å². The maximum atomic E-state index is 9.97. The Morgan fingerprint density at radius 1 is 1.40 bits per heavy atom. The predicted octanol–water partition coefficient (Wildman–Crippen LogP) is 0.0606. The van der Waals surface area contributed by atoms with Crippen LogP contribution in [-0.2, 0) is 9.36 Å². The van der Waals surface area contributed by atoms with Crippen molar-refractivity contribution in [2.24, 2.45) is 0 Å². The summed E-state index contributed by atoms with van der Waals surface area (Å²) in [6, 6.07) is 0. The highest BCUT2D eigenvalue weighted by Gasteiger charge is 2.13. The van der Waals surface area contributed by atoms with Crippen molar-refractivity contribution in [2.75, 3.05) is 6.16 Å². The number of halogens is 1. The third kappa shape index (κ3) is 10.8. The van der Waals surface area contributed by atoms with Crippen molar-refractivity contribution >= 4 is 26.0 Å². The lowest BCUT2D eigenvalue weighted by Gasteiger charge is -1.97. The Morgan fingerprint density at radius 2 is 1.80 bits per heavy atom. The Hall–Kier alpha value is -0.0900. The number of hydrogen-bond acceptors (Lipinski definition) is 2. The summed E-state index contributed by atoms with van der Waals surface area (Å²) in [5.74, 6) is -1.20. The third-order valence-corrected chi connectivity index (χ3v) is 1.42. The van der Waals surface area contributed by atoms with E-state index in [4.69, 9.17) is 14.9 Å². The summed E-state index contributed by atoms with van der Waals surface area (Å²) in [4.78, 5) is 25.9. The molecule has 7 heteroatoms. The first kappa shape index (κ1) is 12.6. The van der Waals surface area contributed by atoms with E-state index >= 15 is 0 Å². The fourth-order valence-corrected chi connectivity index (χ4v) is 0.724. The molecule has 0 saturated carbocycles. The number of hydrogen-bond donors (Lipinski definition) is 3. The van der Waals surface area contributed by atoms with Gasteiger partial charge in [-0.3, -0.25) is 9.36 Å². The van der Waals surface area contributed by atoms with E-state index in [1.54, 1.807) is 0 Å². The average Bonchev–Trinajstić information content (AvgIpc) is 1.59. The van der Waals surface area contributed by atoms with Crippen molar-refractivity contribution in [3.8, 4) is 0 Å². The fraction of sp³-hybridized carbons (Fsp3) is 0.667. The predicted molar refractivity (Wildman–Crippen MR) is 36.4 cm³/mol. The summed E-state index contributed by atoms with van der Waals surface area (Å²) in [7, 11) is -4.10. The largest absolute Gasteiger partial charge is 0.481 e. The topological polar surface area (TPSA) is 94.8 Å². The van der Waals surface area contributed by atoms with E-state index in [0.717, 1.165) is 0 Å². The van der Waals surface area contributed by atoms with E-state index in [1.165, 1.54) is 0 Å². The second-order valence-corrected chi connectivity index (χ2v) is 3.31. The number of aliphatic carboxylic acids is 1. The molecule has 0 aromatic rings. The van der Waals surface area contributed by atoms with E-state index in [0.29, 0.717) is 0 Å². The summed E-state index contributed by atoms with van der Waals surface area (Å²) in [6.45, 7) is 0. The molecular formula is C3H8ClO5P. The fourth-order valence-electron chi connectivity index (χ4n) is 0.241. The van der Waals surface area contributed by atoms with Crippen LogP contribution in [-0.4, -0.2) is 27.0 Å². The molecule has 0 unspecified atom stereocenters. The first-order valence-corrected chi connectivity index (χ1v) is 3.98. The standard InChI is InChI=1S/C3H7O5P.ClH/c4-3(5)1-2-9(6,7)8;/h1-2H2,(H,4,5)(H2,6,7,8);1H. The molecule has 0 radical (unpaired) electrons. The van der Waals surface area contributed by atoms with Gasteiger partial charge in [-0.15, -0.1) is 12.4 Å². The van der Waals surface area contributed by atoms with Crippen LogP contribution in [0.15, 0.2) is 0 Å². The maximum Gasteiger partial charge on any atom is 0.326 e. The molecule has 0 atom stereocenters. The second-order valence-electron chi connectivity index (χ2n) is 1.53. The Morgan fingerprint density at radius 3 is 1.90 bits per heavy atom. The van der Waals surface area contributed by atoms with Gasteiger partial charge in [0.2, 0.25) is 0 Å². The van der Waals surface area contributed by atoms with E-state index in [9.17, 15) is 9.36 Å². The molecule has 0 amide bonds. The summed E-state index contributed by atoms with van der Waals surface area (Å²) >= 11 is 0. The Labute approximate surface area is 63.6 Å². The minimum Gasteiger partial charge on any atom is -0.481 e. The van der Waals surface area contributed by atoms with Crippen LogP contribution in [0.1, 0.15) is 6.42 Å². The molecule has 0 aliphatic carbocycles. The van der Waals surface area contributed by atoms with Gasteiger partial charge in [-0.05, 0) is 0 Å². The van der Waals surface area contributed by atoms with Crippen LogP contribution in [0.3, 0.4) is 0 Å². The molecule has 10 heavy (non-hydrogen) atoms. The molecule has 0 saturated heterocycles. The molecule has 0 rings (SSSR count). The quantitative estimate of drug-likeness (QED) is 0.547. The van der Waals surface area contributed by atoms with Crippen molar-refractivity contribution < 1.29 is 24.3 Å². The van der Waals surface area contributed by atoms with Crippen LogP contribution in [0.5, 0.6) is 0 Å². The van der Waals surface area contributed by atoms with E-state index in [2.05, 4.69) is 0 Å². The van der Waals surface area contributed by atoms with Crippen molar-refractivity contribution in [1.29, 1.82) is 0 Å². The highest BCUT2D eigenvalue weighted by molar-refractivity contribution is 7.51. The molecule has 0 fully saturated rings. The summed E-state index contributed by atoms with van der Waals surface area (Å²) < 4.78 is 9.97. The smallest absolute Gasteiger partial charge is 0.326 e. The third-order valence-electron chi connectivity index (χ3n) is 0.617. The Balaban J connectivity index is 0. The van der Waals surface area contributed by atoms with Gasteiger partial charge in [0.25, 0.3) is 0 Å². The van der Waals surface area contributed by atoms with Crippen LogP contribution in [0.4, 0.5) is 0 Å². The Bertz CT molecular complexity index is 151. The summed E-state index contributed by atoms with van der Waals surface area (Å²) in [6.07, 6.45) is -1.06. The van der Waals surface area contributed by atoms with Gasteiger partial charge in [0, 0.05) is 0 Å². The molecule has 0 aromatic carbocycles. The maximum absolute atomic E-state index is 9.97. The van der Waals surface area contributed by atoms with Crippen LogP contribution >= 0.6 is 20.0 Å². The molecule has 62 valence electrons. The molecule has 0 aliphatic heterocycles. The molecule has 0 aliphatic rings. The number of rotatable bonds is 3. The minimum atomic E-state index is -4.10. The summed E-state index contributed by atoms with van der Waals surface area (Å²) in [5, 5.41) is 7.93. The van der Waals surface area contributed by atoms with Crippen LogP contribution in [0, 0.1) is 0 Å². The van der Waals surface area contributed by atoms with E-state index < -0.39 is 26.1 Å². The van der Waals surface area contributed by atoms with E-state index in [1.807, 2.05) is 0 Å². The van der Waals surface area contributed by atoms with Gasteiger partial charge < -0.3 is 14.9 Å². The van der Waals surface area contributed by atoms with Crippen LogP contribution in [0.2, 0.25) is 0 Å². The average molecular weight is 191 g/mol. The lowest BCUT2D eigenvalue weighted by Crippen LogP contribution is -1.98. The first-order valence-electron chi connectivity index (χ1n) is 2.18. The molecular weight excluding hydrogens is 182 g/mol. The SMILES string of the molecule is Cl.O=C(O)CCP(=O)(O)O. The molecule has 0 spiro atoms. The lowest BCUT2D eigenvalue weighted by molar-refractivity contribution is -0.136. The zero-order chi connectivity index (χ0) is 7.49. The second kappa shape index (κ2) is 4.68. The van der Waals surface area contributed by atoms with Crippen LogP contribution in [0.25, 0.3) is 0 Å². The number of carboxylic acids is 1. The molecule has 3 N–H and O–H groups in total. The van der Waals surface area contributed by atoms with Gasteiger partial charge in [-0.2, -0.15) is 0 Å². The zero-order valence-electron chi connectivity index (χ0n) is 4.93. The van der Waals surface area contributed by atoms with Crippen molar-refractivity contribution in [3.63, 3.8) is 0 Å². The number of carboxylic acid groups (broad SMARTS) is 1. The summed E-state index contributed by atoms with van der Waals surface area (Å²) in [5.41, 5.74) is 0.